The fraction of sp³-hybridized carbons (Fsp3) is 0.400. The molecule has 88 valence electrons. The van der Waals surface area contributed by atoms with Gasteiger partial charge in [0.2, 0.25) is 10.0 Å². The van der Waals surface area contributed by atoms with Crippen LogP contribution in [0.15, 0.2) is 18.2 Å². The highest BCUT2D eigenvalue weighted by Gasteiger charge is 2.16. The molecule has 0 spiro atoms. The van der Waals surface area contributed by atoms with E-state index >= 15 is 0 Å². The van der Waals surface area contributed by atoms with Crippen LogP contribution >= 0.6 is 0 Å². The molecule has 0 bridgehead atoms. The van der Waals surface area contributed by atoms with E-state index in [9.17, 15) is 8.42 Å². The van der Waals surface area contributed by atoms with Crippen LogP contribution in [0.3, 0.4) is 0 Å². The van der Waals surface area contributed by atoms with Crippen molar-refractivity contribution in [3.05, 3.63) is 18.2 Å². The molecule has 2 rings (SSSR count). The van der Waals surface area contributed by atoms with E-state index in [1.165, 1.54) is 11.4 Å². The summed E-state index contributed by atoms with van der Waals surface area (Å²) in [6.07, 6.45) is 1.16. The Morgan fingerprint density at radius 1 is 1.19 bits per heavy atom. The van der Waals surface area contributed by atoms with Crippen LogP contribution in [-0.2, 0) is 10.0 Å². The third-order valence-corrected chi connectivity index (χ3v) is 3.59. The van der Waals surface area contributed by atoms with E-state index in [0.29, 0.717) is 30.4 Å². The van der Waals surface area contributed by atoms with Crippen molar-refractivity contribution < 1.29 is 17.9 Å². The lowest BCUT2D eigenvalue weighted by molar-refractivity contribution is 0.171. The van der Waals surface area contributed by atoms with Gasteiger partial charge < -0.3 is 9.47 Å². The summed E-state index contributed by atoms with van der Waals surface area (Å²) in [6.45, 7) is 1.01. The van der Waals surface area contributed by atoms with Gasteiger partial charge in [-0.25, -0.2) is 8.42 Å². The smallest absolute Gasteiger partial charge is 0.231 e. The summed E-state index contributed by atoms with van der Waals surface area (Å²) >= 11 is 0. The first-order valence-corrected chi connectivity index (χ1v) is 6.67. The second-order valence-corrected chi connectivity index (χ2v) is 5.57. The van der Waals surface area contributed by atoms with Crippen LogP contribution in [0, 0.1) is 0 Å². The van der Waals surface area contributed by atoms with Crippen LogP contribution in [0.1, 0.15) is 0 Å². The van der Waals surface area contributed by atoms with E-state index in [-0.39, 0.29) is 0 Å². The molecule has 16 heavy (non-hydrogen) atoms. The van der Waals surface area contributed by atoms with Crippen molar-refractivity contribution in [3.8, 4) is 11.5 Å². The standard InChI is InChI=1S/C10H13NO4S/c1-11(16(2,12)13)8-3-4-9-10(7-8)15-6-5-14-9/h3-4,7H,5-6H2,1-2H3. The molecule has 6 heteroatoms. The van der Waals surface area contributed by atoms with Crippen molar-refractivity contribution in [3.63, 3.8) is 0 Å². The molecule has 1 heterocycles. The highest BCUT2D eigenvalue weighted by Crippen LogP contribution is 2.34. The van der Waals surface area contributed by atoms with Gasteiger partial charge >= 0.3 is 0 Å². The van der Waals surface area contributed by atoms with Crippen molar-refractivity contribution in [1.82, 2.24) is 0 Å². The number of fused-ring (bicyclic) bond motifs is 1. The lowest BCUT2D eigenvalue weighted by Crippen LogP contribution is -2.25. The molecule has 0 amide bonds. The van der Waals surface area contributed by atoms with E-state index in [2.05, 4.69) is 0 Å². The number of anilines is 1. The predicted octanol–water partition coefficient (Wildman–Crippen LogP) is 0.854. The molecule has 1 aliphatic rings. The summed E-state index contributed by atoms with van der Waals surface area (Å²) < 4.78 is 34.6. The maximum atomic E-state index is 11.4. The molecule has 1 aliphatic heterocycles. The molecule has 0 N–H and O–H groups in total. The zero-order valence-electron chi connectivity index (χ0n) is 9.13. The van der Waals surface area contributed by atoms with Gasteiger partial charge in [-0.2, -0.15) is 0 Å². The van der Waals surface area contributed by atoms with Gasteiger partial charge in [-0.1, -0.05) is 0 Å². The SMILES string of the molecule is CN(c1ccc2c(c1)OCCO2)S(C)(=O)=O. The molecule has 0 aromatic heterocycles. The number of hydrogen-bond acceptors (Lipinski definition) is 4. The first-order valence-electron chi connectivity index (χ1n) is 4.82. The summed E-state index contributed by atoms with van der Waals surface area (Å²) in [7, 11) is -1.74. The molecular formula is C10H13NO4S. The summed E-state index contributed by atoms with van der Waals surface area (Å²) in [6, 6.07) is 5.07. The number of nitrogens with zero attached hydrogens (tertiary/aromatic N) is 1. The molecule has 0 atom stereocenters. The lowest BCUT2D eigenvalue weighted by Gasteiger charge is -2.22. The minimum absolute atomic E-state index is 0.485. The zero-order valence-corrected chi connectivity index (χ0v) is 9.95. The van der Waals surface area contributed by atoms with Crippen LogP contribution in [0.5, 0.6) is 11.5 Å². The van der Waals surface area contributed by atoms with E-state index in [1.54, 1.807) is 18.2 Å². The largest absolute Gasteiger partial charge is 0.486 e. The van der Waals surface area contributed by atoms with Gasteiger partial charge in [0, 0.05) is 13.1 Å². The maximum absolute atomic E-state index is 11.4. The molecule has 0 aliphatic carbocycles. The monoisotopic (exact) mass is 243 g/mol. The van der Waals surface area contributed by atoms with Crippen molar-refractivity contribution in [2.45, 2.75) is 0 Å². The van der Waals surface area contributed by atoms with Crippen LogP contribution in [0.2, 0.25) is 0 Å². The average molecular weight is 243 g/mol. The van der Waals surface area contributed by atoms with Crippen molar-refractivity contribution >= 4 is 15.7 Å². The van der Waals surface area contributed by atoms with Gasteiger partial charge in [0.05, 0.1) is 11.9 Å². The molecular weight excluding hydrogens is 230 g/mol. The normalized spacial score (nSPS) is 14.6. The van der Waals surface area contributed by atoms with Crippen molar-refractivity contribution in [2.75, 3.05) is 30.8 Å². The third-order valence-electron chi connectivity index (χ3n) is 2.39. The maximum Gasteiger partial charge on any atom is 0.231 e. The van der Waals surface area contributed by atoms with E-state index in [1.807, 2.05) is 0 Å². The molecule has 0 radical (unpaired) electrons. The molecule has 0 fully saturated rings. The van der Waals surface area contributed by atoms with Gasteiger partial charge in [-0.3, -0.25) is 4.31 Å². The van der Waals surface area contributed by atoms with Gasteiger partial charge in [-0.15, -0.1) is 0 Å². The highest BCUT2D eigenvalue weighted by molar-refractivity contribution is 7.92. The number of sulfonamides is 1. The lowest BCUT2D eigenvalue weighted by atomic mass is 10.2. The molecule has 0 saturated carbocycles. The van der Waals surface area contributed by atoms with Crippen LogP contribution < -0.4 is 13.8 Å². The topological polar surface area (TPSA) is 55.8 Å². The molecule has 1 aromatic carbocycles. The molecule has 0 unspecified atom stereocenters. The summed E-state index contributed by atoms with van der Waals surface area (Å²) in [4.78, 5) is 0. The Bertz CT molecular complexity index is 498. The second kappa shape index (κ2) is 3.86. The average Bonchev–Trinajstić information content (AvgIpc) is 2.26. The van der Waals surface area contributed by atoms with Crippen LogP contribution in [-0.4, -0.2) is 34.9 Å². The number of rotatable bonds is 2. The minimum Gasteiger partial charge on any atom is -0.486 e. The third kappa shape index (κ3) is 2.06. The van der Waals surface area contributed by atoms with Gasteiger partial charge in [0.1, 0.15) is 13.2 Å². The Kier molecular flexibility index (Phi) is 2.67. The highest BCUT2D eigenvalue weighted by atomic mass is 32.2. The Morgan fingerprint density at radius 2 is 1.81 bits per heavy atom. The predicted molar refractivity (Wildman–Crippen MR) is 60.7 cm³/mol. The number of ether oxygens (including phenoxy) is 2. The van der Waals surface area contributed by atoms with Crippen LogP contribution in [0.25, 0.3) is 0 Å². The fourth-order valence-corrected chi connectivity index (χ4v) is 1.92. The first kappa shape index (κ1) is 11.1. The van der Waals surface area contributed by atoms with Gasteiger partial charge in [0.25, 0.3) is 0 Å². The second-order valence-electron chi connectivity index (χ2n) is 3.56. The fourth-order valence-electron chi connectivity index (χ4n) is 1.42. The zero-order chi connectivity index (χ0) is 11.8. The minimum atomic E-state index is -3.25. The molecule has 5 nitrogen and oxygen atoms in total. The molecule has 1 aromatic rings. The Balaban J connectivity index is 2.37. The molecule has 0 saturated heterocycles. The Hall–Kier alpha value is -1.43. The van der Waals surface area contributed by atoms with Crippen LogP contribution in [0.4, 0.5) is 5.69 Å². The summed E-state index contributed by atoms with van der Waals surface area (Å²) in [5.41, 5.74) is 0.562. The summed E-state index contributed by atoms with van der Waals surface area (Å²) in [5.74, 6) is 1.23. The Labute approximate surface area is 94.6 Å². The van der Waals surface area contributed by atoms with Crippen molar-refractivity contribution in [1.29, 1.82) is 0 Å². The van der Waals surface area contributed by atoms with Crippen molar-refractivity contribution in [2.24, 2.45) is 0 Å². The van der Waals surface area contributed by atoms with Gasteiger partial charge in [0.15, 0.2) is 11.5 Å². The number of hydrogen-bond donors (Lipinski definition) is 0. The Morgan fingerprint density at radius 3 is 2.44 bits per heavy atom. The van der Waals surface area contributed by atoms with E-state index in [0.717, 1.165) is 6.26 Å². The van der Waals surface area contributed by atoms with Gasteiger partial charge in [-0.05, 0) is 12.1 Å². The quantitative estimate of drug-likeness (QED) is 0.773. The first-order chi connectivity index (χ1) is 7.48. The number of benzene rings is 1. The van der Waals surface area contributed by atoms with E-state index in [4.69, 9.17) is 9.47 Å². The van der Waals surface area contributed by atoms with E-state index < -0.39 is 10.0 Å². The summed E-state index contributed by atoms with van der Waals surface area (Å²) in [5, 5.41) is 0.